The summed E-state index contributed by atoms with van der Waals surface area (Å²) in [7, 11) is 0. The molecule has 0 spiro atoms. The molecule has 6 N–H and O–H groups in total. The molecule has 0 radical (unpaired) electrons. The highest BCUT2D eigenvalue weighted by Gasteiger charge is 2.24. The zero-order valence-electron chi connectivity index (χ0n) is 21.1. The molecule has 2 aromatic heterocycles. The Morgan fingerprint density at radius 2 is 1.90 bits per heavy atom. The van der Waals surface area contributed by atoms with Gasteiger partial charge in [0.1, 0.15) is 17.7 Å². The molecular formula is C27H27F2N7O2S. The number of hydrogen-bond donors (Lipinski definition) is 4. The largest absolute Gasteiger partial charge is 0.370 e. The van der Waals surface area contributed by atoms with Crippen LogP contribution >= 0.6 is 11.3 Å². The van der Waals surface area contributed by atoms with Crippen molar-refractivity contribution in [1.29, 1.82) is 0 Å². The highest BCUT2D eigenvalue weighted by Crippen LogP contribution is 2.33. The number of aryl methyl sites for hydroxylation is 1. The maximum Gasteiger partial charge on any atom is 0.246 e. The Hall–Kier alpha value is -4.32. The highest BCUT2D eigenvalue weighted by atomic mass is 32.1. The molecule has 1 unspecified atom stereocenters. The van der Waals surface area contributed by atoms with Gasteiger partial charge in [-0.3, -0.25) is 14.0 Å². The van der Waals surface area contributed by atoms with Gasteiger partial charge in [-0.25, -0.2) is 18.8 Å². The number of halogens is 2. The number of benzene rings is 2. The molecule has 1 aliphatic rings. The number of imidazole rings is 1. The van der Waals surface area contributed by atoms with Crippen molar-refractivity contribution >= 4 is 39.8 Å². The fourth-order valence-electron chi connectivity index (χ4n) is 4.66. The summed E-state index contributed by atoms with van der Waals surface area (Å²) in [5, 5.41) is 5.31. The number of anilines is 1. The third kappa shape index (κ3) is 6.06. The van der Waals surface area contributed by atoms with Crippen LogP contribution < -0.4 is 22.1 Å². The van der Waals surface area contributed by atoms with Gasteiger partial charge in [-0.1, -0.05) is 12.1 Å². The van der Waals surface area contributed by atoms with Gasteiger partial charge < -0.3 is 22.1 Å². The average Bonchev–Trinajstić information content (AvgIpc) is 3.41. The summed E-state index contributed by atoms with van der Waals surface area (Å²) < 4.78 is 28.8. The number of nitrogens with zero attached hydrogens (tertiary/aromatic N) is 3. The summed E-state index contributed by atoms with van der Waals surface area (Å²) in [6.45, 7) is 1.53. The number of thiazole rings is 1. The van der Waals surface area contributed by atoms with E-state index in [0.717, 1.165) is 53.7 Å². The van der Waals surface area contributed by atoms with Crippen LogP contribution in [0.1, 0.15) is 29.5 Å². The Morgan fingerprint density at radius 1 is 1.18 bits per heavy atom. The van der Waals surface area contributed by atoms with Crippen molar-refractivity contribution in [3.8, 4) is 11.3 Å². The van der Waals surface area contributed by atoms with Crippen molar-refractivity contribution in [2.75, 3.05) is 5.32 Å². The molecule has 4 aromatic rings. The van der Waals surface area contributed by atoms with Gasteiger partial charge in [0.2, 0.25) is 11.8 Å². The van der Waals surface area contributed by atoms with Crippen LogP contribution in [-0.4, -0.2) is 39.2 Å². The van der Waals surface area contributed by atoms with E-state index in [-0.39, 0.29) is 24.0 Å². The zero-order valence-corrected chi connectivity index (χ0v) is 21.9. The normalized spacial score (nSPS) is 15.4. The van der Waals surface area contributed by atoms with Crippen molar-refractivity contribution in [3.63, 3.8) is 0 Å². The SMILES string of the molecule is C[C@H](NC(=O)Cc1cc(F)cc(F)c1)C(=O)Nc1ccc(-c2cn3c4c(sc3n2)CC(N=C(N)N)CC4)cc1. The predicted octanol–water partition coefficient (Wildman–Crippen LogP) is 3.16. The zero-order chi connectivity index (χ0) is 27.7. The monoisotopic (exact) mass is 551 g/mol. The van der Waals surface area contributed by atoms with Crippen LogP contribution in [0.15, 0.2) is 53.7 Å². The number of carbonyl (C=O) groups is 2. The Labute approximate surface area is 226 Å². The minimum atomic E-state index is -0.853. The lowest BCUT2D eigenvalue weighted by atomic mass is 9.98. The Morgan fingerprint density at radius 3 is 2.59 bits per heavy atom. The van der Waals surface area contributed by atoms with Gasteiger partial charge in [-0.2, -0.15) is 0 Å². The molecule has 0 bridgehead atoms. The number of aliphatic imine (C=N–C) groups is 1. The molecule has 0 saturated heterocycles. The Balaban J connectivity index is 1.19. The first-order valence-corrected chi connectivity index (χ1v) is 13.2. The third-order valence-corrected chi connectivity index (χ3v) is 7.59. The van der Waals surface area contributed by atoms with Crippen LogP contribution in [0.3, 0.4) is 0 Å². The lowest BCUT2D eigenvalue weighted by Gasteiger charge is -2.18. The number of guanidine groups is 1. The molecule has 12 heteroatoms. The van der Waals surface area contributed by atoms with E-state index in [2.05, 4.69) is 20.0 Å². The summed E-state index contributed by atoms with van der Waals surface area (Å²) >= 11 is 1.64. The number of amides is 2. The standard InChI is InChI=1S/C27H27F2N7O2S/c1-14(32-24(37)10-15-8-17(28)11-18(29)9-15)25(38)33-19-4-2-16(3-5-19)21-13-36-22-7-6-20(34-26(30)31)12-23(22)39-27(36)35-21/h2-5,8-9,11,13-14,20H,6-7,10,12H2,1H3,(H,32,37)(H,33,38)(H4,30,31,34)/t14-,20?/m0/s1. The molecule has 0 aliphatic heterocycles. The summed E-state index contributed by atoms with van der Waals surface area (Å²) in [5.41, 5.74) is 14.8. The number of rotatable bonds is 7. The van der Waals surface area contributed by atoms with Gasteiger partial charge in [0.05, 0.1) is 18.2 Å². The van der Waals surface area contributed by atoms with Gasteiger partial charge in [0.15, 0.2) is 10.9 Å². The molecule has 2 aromatic carbocycles. The van der Waals surface area contributed by atoms with Crippen LogP contribution in [0.5, 0.6) is 0 Å². The van der Waals surface area contributed by atoms with E-state index >= 15 is 0 Å². The lowest BCUT2D eigenvalue weighted by molar-refractivity contribution is -0.125. The molecule has 5 rings (SSSR count). The van der Waals surface area contributed by atoms with E-state index in [4.69, 9.17) is 16.5 Å². The van der Waals surface area contributed by atoms with Gasteiger partial charge in [0, 0.05) is 40.5 Å². The second-order valence-electron chi connectivity index (χ2n) is 9.51. The fourth-order valence-corrected chi connectivity index (χ4v) is 5.88. The van der Waals surface area contributed by atoms with Gasteiger partial charge >= 0.3 is 0 Å². The molecule has 202 valence electrons. The Bertz CT molecular complexity index is 1550. The molecular weight excluding hydrogens is 524 g/mol. The average molecular weight is 552 g/mol. The molecule has 0 fully saturated rings. The molecule has 9 nitrogen and oxygen atoms in total. The van der Waals surface area contributed by atoms with Crippen LogP contribution in [0.25, 0.3) is 16.2 Å². The predicted molar refractivity (Wildman–Crippen MR) is 146 cm³/mol. The maximum absolute atomic E-state index is 13.3. The third-order valence-electron chi connectivity index (χ3n) is 6.47. The number of nitrogens with two attached hydrogens (primary N) is 2. The van der Waals surface area contributed by atoms with E-state index in [1.54, 1.807) is 23.5 Å². The fraction of sp³-hybridized carbons (Fsp3) is 0.259. The first-order valence-electron chi connectivity index (χ1n) is 12.4. The van der Waals surface area contributed by atoms with Crippen molar-refractivity contribution in [2.24, 2.45) is 16.5 Å². The van der Waals surface area contributed by atoms with E-state index in [1.807, 2.05) is 18.3 Å². The van der Waals surface area contributed by atoms with E-state index in [9.17, 15) is 18.4 Å². The topological polar surface area (TPSA) is 140 Å². The van der Waals surface area contributed by atoms with Crippen LogP contribution in [0.4, 0.5) is 14.5 Å². The quantitative estimate of drug-likeness (QED) is 0.206. The molecule has 2 amide bonds. The minimum absolute atomic E-state index is 0.0992. The molecule has 2 heterocycles. The summed E-state index contributed by atoms with van der Waals surface area (Å²) in [6, 6.07) is 9.40. The summed E-state index contributed by atoms with van der Waals surface area (Å²) in [4.78, 5) is 36.1. The number of nitrogens with one attached hydrogen (secondary N) is 2. The molecule has 1 aliphatic carbocycles. The van der Waals surface area contributed by atoms with E-state index < -0.39 is 29.5 Å². The summed E-state index contributed by atoms with van der Waals surface area (Å²) in [5.74, 6) is -2.36. The second-order valence-corrected chi connectivity index (χ2v) is 10.6. The van der Waals surface area contributed by atoms with Crippen LogP contribution in [0.2, 0.25) is 0 Å². The van der Waals surface area contributed by atoms with Gasteiger partial charge in [0.25, 0.3) is 0 Å². The van der Waals surface area contributed by atoms with E-state index in [0.29, 0.717) is 5.69 Å². The first-order chi connectivity index (χ1) is 18.6. The number of hydrogen-bond acceptors (Lipinski definition) is 5. The van der Waals surface area contributed by atoms with Crippen LogP contribution in [0, 0.1) is 11.6 Å². The minimum Gasteiger partial charge on any atom is -0.370 e. The highest BCUT2D eigenvalue weighted by molar-refractivity contribution is 7.17. The lowest BCUT2D eigenvalue weighted by Crippen LogP contribution is -2.42. The number of fused-ring (bicyclic) bond motifs is 3. The molecule has 39 heavy (non-hydrogen) atoms. The number of carbonyl (C=O) groups excluding carboxylic acids is 2. The van der Waals surface area contributed by atoms with Crippen molar-refractivity contribution in [3.05, 3.63) is 76.4 Å². The molecule has 2 atom stereocenters. The summed E-state index contributed by atoms with van der Waals surface area (Å²) in [6.07, 6.45) is 4.31. The van der Waals surface area contributed by atoms with Gasteiger partial charge in [-0.05, 0) is 49.6 Å². The maximum atomic E-state index is 13.3. The van der Waals surface area contributed by atoms with Crippen molar-refractivity contribution in [1.82, 2.24) is 14.7 Å². The van der Waals surface area contributed by atoms with E-state index in [1.165, 1.54) is 17.5 Å². The van der Waals surface area contributed by atoms with Gasteiger partial charge in [-0.15, -0.1) is 11.3 Å². The Kier molecular flexibility index (Phi) is 7.29. The molecule has 0 saturated carbocycles. The van der Waals surface area contributed by atoms with Crippen molar-refractivity contribution < 1.29 is 18.4 Å². The van der Waals surface area contributed by atoms with Crippen LogP contribution in [-0.2, 0) is 28.9 Å². The first kappa shape index (κ1) is 26.3. The van der Waals surface area contributed by atoms with Crippen molar-refractivity contribution in [2.45, 2.75) is 44.7 Å². The second kappa shape index (κ2) is 10.8. The number of aromatic nitrogens is 2. The smallest absolute Gasteiger partial charge is 0.246 e.